The van der Waals surface area contributed by atoms with E-state index >= 15 is 0 Å². The van der Waals surface area contributed by atoms with Crippen molar-refractivity contribution in [2.75, 3.05) is 25.0 Å². The molecule has 0 saturated heterocycles. The molecule has 8 heteroatoms. The fourth-order valence-corrected chi connectivity index (χ4v) is 4.23. The molecular weight excluding hydrogens is 401 g/mol. The molecule has 5 rings (SSSR count). The molecule has 1 unspecified atom stereocenters. The summed E-state index contributed by atoms with van der Waals surface area (Å²) in [6, 6.07) is 10.6. The first kappa shape index (κ1) is 20.0. The minimum atomic E-state index is -0.873. The zero-order valence-electron chi connectivity index (χ0n) is 17.0. The van der Waals surface area contributed by atoms with E-state index in [0.717, 1.165) is 25.6 Å². The van der Waals surface area contributed by atoms with E-state index in [0.29, 0.717) is 19.4 Å². The number of β-amino-alcohol motifs (C(OH)–C–C–N with tert-alkyl or cyclic N) is 1. The van der Waals surface area contributed by atoms with Crippen molar-refractivity contribution < 1.29 is 23.8 Å². The smallest absolute Gasteiger partial charge is 0.268 e. The van der Waals surface area contributed by atoms with E-state index in [-0.39, 0.29) is 29.5 Å². The van der Waals surface area contributed by atoms with Gasteiger partial charge in [-0.1, -0.05) is 24.3 Å². The van der Waals surface area contributed by atoms with Gasteiger partial charge in [0.1, 0.15) is 11.6 Å². The van der Waals surface area contributed by atoms with E-state index in [1.165, 1.54) is 17.2 Å². The minimum Gasteiger partial charge on any atom is -0.475 e. The molecule has 1 aliphatic carbocycles. The third-order valence-electron chi connectivity index (χ3n) is 6.16. The molecule has 0 aromatic heterocycles. The number of aliphatic hydroxyl groups excluding tert-OH is 1. The Hall–Kier alpha value is -2.97. The van der Waals surface area contributed by atoms with Crippen molar-refractivity contribution in [3.63, 3.8) is 0 Å². The van der Waals surface area contributed by atoms with Gasteiger partial charge in [-0.3, -0.25) is 14.5 Å². The van der Waals surface area contributed by atoms with Crippen molar-refractivity contribution in [3.8, 4) is 5.75 Å². The van der Waals surface area contributed by atoms with Crippen LogP contribution in [0.1, 0.15) is 34.3 Å². The van der Waals surface area contributed by atoms with E-state index < -0.39 is 23.4 Å². The standard InChI is InChI=1S/C23H24FN3O4/c24-18-10-20-19(26-22(30)23(31-20)6-7-23)9-17(18)21(29)25-11-16(28)13-27-8-5-14-3-1-2-4-15(14)12-27/h1-4,9-10,16,28H,5-8,11-13H2,(H,25,29)(H,26,30). The Balaban J connectivity index is 1.18. The number of benzene rings is 2. The largest absolute Gasteiger partial charge is 0.475 e. The number of halogens is 1. The Morgan fingerprint density at radius 2 is 2.06 bits per heavy atom. The van der Waals surface area contributed by atoms with Crippen molar-refractivity contribution in [1.29, 1.82) is 0 Å². The molecule has 7 nitrogen and oxygen atoms in total. The third kappa shape index (κ3) is 3.88. The second-order valence-electron chi connectivity index (χ2n) is 8.50. The van der Waals surface area contributed by atoms with Gasteiger partial charge in [-0.05, 0) is 23.6 Å². The summed E-state index contributed by atoms with van der Waals surface area (Å²) in [6.07, 6.45) is 1.34. The van der Waals surface area contributed by atoms with Crippen LogP contribution in [0.2, 0.25) is 0 Å². The molecule has 2 aromatic rings. The van der Waals surface area contributed by atoms with Crippen molar-refractivity contribution in [2.24, 2.45) is 0 Å². The van der Waals surface area contributed by atoms with Crippen LogP contribution >= 0.6 is 0 Å². The molecule has 3 N–H and O–H groups in total. The molecule has 2 aliphatic heterocycles. The van der Waals surface area contributed by atoms with Gasteiger partial charge in [-0.2, -0.15) is 0 Å². The molecule has 1 atom stereocenters. The van der Waals surface area contributed by atoms with Crippen LogP contribution in [0.25, 0.3) is 0 Å². The number of carbonyl (C=O) groups is 2. The number of aliphatic hydroxyl groups is 1. The summed E-state index contributed by atoms with van der Waals surface area (Å²) >= 11 is 0. The van der Waals surface area contributed by atoms with Crippen LogP contribution in [0, 0.1) is 5.82 Å². The summed E-state index contributed by atoms with van der Waals surface area (Å²) in [4.78, 5) is 26.8. The SMILES string of the molecule is O=C(NCC(O)CN1CCc2ccccc2C1)c1cc2c(cc1F)OC1(CC1)C(=O)N2. The predicted octanol–water partition coefficient (Wildman–Crippen LogP) is 1.84. The predicted molar refractivity (Wildman–Crippen MR) is 111 cm³/mol. The number of ether oxygens (including phenoxy) is 1. The zero-order chi connectivity index (χ0) is 21.6. The molecular formula is C23H24FN3O4. The molecule has 2 heterocycles. The molecule has 162 valence electrons. The van der Waals surface area contributed by atoms with Crippen LogP contribution in [0.4, 0.5) is 10.1 Å². The summed E-state index contributed by atoms with van der Waals surface area (Å²) in [5.74, 6) is -1.41. The number of nitrogens with one attached hydrogen (secondary N) is 2. The highest BCUT2D eigenvalue weighted by Crippen LogP contribution is 2.47. The van der Waals surface area contributed by atoms with E-state index in [1.54, 1.807) is 0 Å². The molecule has 0 radical (unpaired) electrons. The number of carbonyl (C=O) groups excluding carboxylic acids is 2. The van der Waals surface area contributed by atoms with Crippen LogP contribution in [-0.4, -0.2) is 53.2 Å². The van der Waals surface area contributed by atoms with Crippen molar-refractivity contribution >= 4 is 17.5 Å². The third-order valence-corrected chi connectivity index (χ3v) is 6.16. The Bertz CT molecular complexity index is 1050. The number of rotatable bonds is 5. The topological polar surface area (TPSA) is 90.9 Å². The number of anilines is 1. The van der Waals surface area contributed by atoms with Crippen LogP contribution < -0.4 is 15.4 Å². The quantitative estimate of drug-likeness (QED) is 0.680. The zero-order valence-corrected chi connectivity index (χ0v) is 17.0. The second kappa shape index (κ2) is 7.62. The lowest BCUT2D eigenvalue weighted by Gasteiger charge is -2.30. The summed E-state index contributed by atoms with van der Waals surface area (Å²) in [5.41, 5.74) is 1.78. The van der Waals surface area contributed by atoms with Gasteiger partial charge in [0.15, 0.2) is 5.60 Å². The second-order valence-corrected chi connectivity index (χ2v) is 8.50. The molecule has 3 aliphatic rings. The Morgan fingerprint density at radius 3 is 2.84 bits per heavy atom. The van der Waals surface area contributed by atoms with Crippen molar-refractivity contribution in [1.82, 2.24) is 10.2 Å². The molecule has 2 amide bonds. The van der Waals surface area contributed by atoms with Crippen LogP contribution in [0.3, 0.4) is 0 Å². The van der Waals surface area contributed by atoms with Gasteiger partial charge in [0.05, 0.1) is 17.4 Å². The van der Waals surface area contributed by atoms with Gasteiger partial charge >= 0.3 is 0 Å². The molecule has 0 bridgehead atoms. The lowest BCUT2D eigenvalue weighted by atomic mass is 10.00. The van der Waals surface area contributed by atoms with Gasteiger partial charge in [0.25, 0.3) is 11.8 Å². The van der Waals surface area contributed by atoms with Crippen molar-refractivity contribution in [3.05, 3.63) is 58.9 Å². The Morgan fingerprint density at radius 1 is 1.29 bits per heavy atom. The van der Waals surface area contributed by atoms with Gasteiger partial charge in [0.2, 0.25) is 0 Å². The monoisotopic (exact) mass is 425 g/mol. The normalized spacial score (nSPS) is 19.6. The fraction of sp³-hybridized carbons (Fsp3) is 0.391. The highest BCUT2D eigenvalue weighted by atomic mass is 19.1. The lowest BCUT2D eigenvalue weighted by molar-refractivity contribution is -0.125. The average molecular weight is 425 g/mol. The van der Waals surface area contributed by atoms with E-state index in [4.69, 9.17) is 4.74 Å². The van der Waals surface area contributed by atoms with Gasteiger partial charge < -0.3 is 20.5 Å². The molecule has 2 aromatic carbocycles. The maximum Gasteiger partial charge on any atom is 0.268 e. The van der Waals surface area contributed by atoms with E-state index in [2.05, 4.69) is 27.7 Å². The summed E-state index contributed by atoms with van der Waals surface area (Å²) in [6.45, 7) is 2.00. The minimum absolute atomic E-state index is 0.000521. The molecule has 1 saturated carbocycles. The summed E-state index contributed by atoms with van der Waals surface area (Å²) < 4.78 is 20.1. The highest BCUT2D eigenvalue weighted by Gasteiger charge is 2.55. The van der Waals surface area contributed by atoms with Crippen LogP contribution in [-0.2, 0) is 17.8 Å². The number of hydrogen-bond acceptors (Lipinski definition) is 5. The number of amides is 2. The Kier molecular flexibility index (Phi) is 4.91. The number of hydrogen-bond donors (Lipinski definition) is 3. The highest BCUT2D eigenvalue weighted by molar-refractivity contribution is 6.04. The molecule has 1 spiro atoms. The first-order valence-corrected chi connectivity index (χ1v) is 10.5. The first-order chi connectivity index (χ1) is 14.9. The van der Waals surface area contributed by atoms with Gasteiger partial charge in [0, 0.05) is 45.1 Å². The van der Waals surface area contributed by atoms with E-state index in [9.17, 15) is 19.1 Å². The maximum atomic E-state index is 14.5. The van der Waals surface area contributed by atoms with Gasteiger partial charge in [-0.15, -0.1) is 0 Å². The summed E-state index contributed by atoms with van der Waals surface area (Å²) in [7, 11) is 0. The fourth-order valence-electron chi connectivity index (χ4n) is 4.23. The number of nitrogens with zero attached hydrogens (tertiary/aromatic N) is 1. The van der Waals surface area contributed by atoms with Crippen molar-refractivity contribution in [2.45, 2.75) is 37.5 Å². The maximum absolute atomic E-state index is 14.5. The summed E-state index contributed by atoms with van der Waals surface area (Å²) in [5, 5.41) is 15.7. The van der Waals surface area contributed by atoms with Crippen LogP contribution in [0.5, 0.6) is 5.75 Å². The lowest BCUT2D eigenvalue weighted by Crippen LogP contribution is -2.42. The number of fused-ring (bicyclic) bond motifs is 2. The molecule has 1 fully saturated rings. The van der Waals surface area contributed by atoms with Gasteiger partial charge in [-0.25, -0.2) is 4.39 Å². The average Bonchev–Trinajstić information content (AvgIpc) is 3.53. The van der Waals surface area contributed by atoms with Crippen LogP contribution in [0.15, 0.2) is 36.4 Å². The molecule has 31 heavy (non-hydrogen) atoms. The Labute approximate surface area is 179 Å². The van der Waals surface area contributed by atoms with E-state index in [1.807, 2.05) is 12.1 Å². The first-order valence-electron chi connectivity index (χ1n) is 10.5.